The first kappa shape index (κ1) is 26.6. The van der Waals surface area contributed by atoms with Crippen molar-refractivity contribution < 1.29 is 23.7 Å². The van der Waals surface area contributed by atoms with Gasteiger partial charge in [0.1, 0.15) is 17.6 Å². The van der Waals surface area contributed by atoms with Crippen molar-refractivity contribution in [1.82, 2.24) is 4.57 Å². The predicted octanol–water partition coefficient (Wildman–Crippen LogP) is 4.39. The molecule has 10 nitrogen and oxygen atoms in total. The molecule has 1 N–H and O–H groups in total. The van der Waals surface area contributed by atoms with E-state index in [2.05, 4.69) is 5.32 Å². The lowest BCUT2D eigenvalue weighted by Crippen LogP contribution is -2.33. The number of nitrogens with zero attached hydrogens (tertiary/aromatic N) is 3. The van der Waals surface area contributed by atoms with E-state index in [4.69, 9.17) is 0 Å². The lowest BCUT2D eigenvalue weighted by atomic mass is 9.83. The van der Waals surface area contributed by atoms with E-state index in [1.165, 1.54) is 53.1 Å². The lowest BCUT2D eigenvalue weighted by molar-refractivity contribution is -0.384. The first-order valence-corrected chi connectivity index (χ1v) is 14.1. The predicted molar refractivity (Wildman–Crippen MR) is 151 cm³/mol. The van der Waals surface area contributed by atoms with Crippen molar-refractivity contribution in [2.45, 2.75) is 22.7 Å². The monoisotopic (exact) mass is 590 g/mol. The lowest BCUT2D eigenvalue weighted by Gasteiger charge is -2.30. The Morgan fingerprint density at radius 1 is 0.951 bits per heavy atom. The number of nitrogens with one attached hydrogen (secondary N) is 1. The Morgan fingerprint density at radius 2 is 1.63 bits per heavy atom. The second-order valence-electron chi connectivity index (χ2n) is 9.42. The van der Waals surface area contributed by atoms with Crippen molar-refractivity contribution >= 4 is 57.9 Å². The van der Waals surface area contributed by atoms with Gasteiger partial charge in [-0.05, 0) is 42.0 Å². The number of hydrogen-bond acceptors (Lipinski definition) is 8. The quantitative estimate of drug-likeness (QED) is 0.200. The van der Waals surface area contributed by atoms with Crippen LogP contribution in [0.1, 0.15) is 16.4 Å². The molecule has 6 rings (SSSR count). The van der Waals surface area contributed by atoms with Gasteiger partial charge in [-0.2, -0.15) is 0 Å². The van der Waals surface area contributed by atoms with Crippen LogP contribution in [0.5, 0.6) is 0 Å². The van der Waals surface area contributed by atoms with Crippen molar-refractivity contribution in [3.05, 3.63) is 115 Å². The summed E-state index contributed by atoms with van der Waals surface area (Å²) < 4.78 is 14.6. The third kappa shape index (κ3) is 4.72. The van der Waals surface area contributed by atoms with E-state index in [-0.39, 0.29) is 17.9 Å². The average molecular weight is 591 g/mol. The van der Waals surface area contributed by atoms with E-state index in [0.29, 0.717) is 15.6 Å². The molecule has 2 aliphatic heterocycles. The molecule has 3 atom stereocenters. The van der Waals surface area contributed by atoms with Crippen molar-refractivity contribution in [3.8, 4) is 0 Å². The van der Waals surface area contributed by atoms with Crippen LogP contribution in [0.3, 0.4) is 0 Å². The highest BCUT2D eigenvalue weighted by atomic mass is 32.2. The van der Waals surface area contributed by atoms with Crippen molar-refractivity contribution in [3.63, 3.8) is 0 Å². The molecule has 3 amide bonds. The van der Waals surface area contributed by atoms with Gasteiger partial charge in [0.25, 0.3) is 5.69 Å². The highest BCUT2D eigenvalue weighted by Gasteiger charge is 2.56. The van der Waals surface area contributed by atoms with Crippen LogP contribution in [-0.4, -0.2) is 32.5 Å². The number of amides is 3. The minimum Gasteiger partial charge on any atom is -0.325 e. The van der Waals surface area contributed by atoms with Gasteiger partial charge in [-0.15, -0.1) is 0 Å². The molecule has 1 fully saturated rings. The topological polar surface area (TPSA) is 132 Å². The second kappa shape index (κ2) is 10.4. The average Bonchev–Trinajstić information content (AvgIpc) is 3.40. The van der Waals surface area contributed by atoms with Gasteiger partial charge in [0.15, 0.2) is 0 Å². The van der Waals surface area contributed by atoms with Gasteiger partial charge in [-0.3, -0.25) is 33.9 Å². The summed E-state index contributed by atoms with van der Waals surface area (Å²) in [7, 11) is 0. The number of anilines is 2. The Kier molecular flexibility index (Phi) is 6.75. The van der Waals surface area contributed by atoms with Crippen LogP contribution >= 0.6 is 23.1 Å². The second-order valence-corrected chi connectivity index (χ2v) is 11.5. The van der Waals surface area contributed by atoms with Crippen molar-refractivity contribution in [1.29, 1.82) is 0 Å². The Bertz CT molecular complexity index is 1760. The number of hydrogen-bond donors (Lipinski definition) is 1. The zero-order valence-electron chi connectivity index (χ0n) is 20.9. The molecule has 4 aromatic rings. The molecule has 1 saturated heterocycles. The maximum absolute atomic E-state index is 13.8. The summed E-state index contributed by atoms with van der Waals surface area (Å²) in [5.41, 5.74) is 1.14. The molecule has 3 heterocycles. The normalized spacial score (nSPS) is 19.5. The SMILES string of the molecule is O=C(Cn1c2c(sc1=O)[C@@H](c1ccccc1)[C@@H]1C(=O)N(c3ccc([N+](=O)[O-])cc3)C(=O)[C@@H]1S2)Nc1ccc(F)cc1. The summed E-state index contributed by atoms with van der Waals surface area (Å²) in [5.74, 6) is -3.41. The van der Waals surface area contributed by atoms with E-state index >= 15 is 0 Å². The summed E-state index contributed by atoms with van der Waals surface area (Å²) in [6, 6.07) is 19.5. The third-order valence-corrected chi connectivity index (χ3v) is 9.56. The number of non-ortho nitro benzene ring substituents is 1. The van der Waals surface area contributed by atoms with E-state index in [0.717, 1.165) is 33.6 Å². The number of imide groups is 1. The van der Waals surface area contributed by atoms with Crippen LogP contribution in [0.2, 0.25) is 0 Å². The number of fused-ring (bicyclic) bond motifs is 2. The van der Waals surface area contributed by atoms with Crippen molar-refractivity contribution in [2.24, 2.45) is 5.92 Å². The number of thioether (sulfide) groups is 1. The molecule has 0 unspecified atom stereocenters. The minimum absolute atomic E-state index is 0.174. The fraction of sp³-hybridized carbons (Fsp3) is 0.143. The molecule has 0 aliphatic carbocycles. The van der Waals surface area contributed by atoms with Gasteiger partial charge >= 0.3 is 4.87 Å². The van der Waals surface area contributed by atoms with Crippen LogP contribution < -0.4 is 15.1 Å². The number of thiazole rings is 1. The van der Waals surface area contributed by atoms with Crippen molar-refractivity contribution in [2.75, 3.05) is 10.2 Å². The minimum atomic E-state index is -0.893. The van der Waals surface area contributed by atoms with E-state index in [1.807, 2.05) is 18.2 Å². The number of nitro benzene ring substituents is 1. The molecule has 2 aliphatic rings. The van der Waals surface area contributed by atoms with Gasteiger partial charge in [-0.25, -0.2) is 9.29 Å². The molecule has 13 heteroatoms. The first-order chi connectivity index (χ1) is 19.7. The number of benzene rings is 3. The number of carbonyl (C=O) groups excluding carboxylic acids is 3. The highest BCUT2D eigenvalue weighted by Crippen LogP contribution is 2.53. The van der Waals surface area contributed by atoms with E-state index < -0.39 is 50.4 Å². The summed E-state index contributed by atoms with van der Waals surface area (Å²) in [6.07, 6.45) is 0. The standard InChI is InChI=1S/C28H19FN4O6S2/c29-16-6-8-17(9-7-16)30-20(34)14-31-27-24(41-28(31)37)21(15-4-2-1-3-5-15)22-23(40-27)26(36)32(25(22)35)18-10-12-19(13-11-18)33(38)39/h1-13,21-23H,14H2,(H,30,34)/t21-,22-,23+/m0/s1. The molecule has 0 bridgehead atoms. The number of nitro groups is 1. The molecule has 0 saturated carbocycles. The van der Waals surface area contributed by atoms with E-state index in [1.54, 1.807) is 12.1 Å². The van der Waals surface area contributed by atoms with Crippen LogP contribution in [0, 0.1) is 21.8 Å². The maximum atomic E-state index is 13.8. The highest BCUT2D eigenvalue weighted by molar-refractivity contribution is 8.00. The largest absolute Gasteiger partial charge is 0.325 e. The zero-order valence-corrected chi connectivity index (χ0v) is 22.6. The first-order valence-electron chi connectivity index (χ1n) is 12.4. The fourth-order valence-electron chi connectivity index (χ4n) is 5.13. The number of carbonyl (C=O) groups is 3. The molecular weight excluding hydrogens is 571 g/mol. The summed E-state index contributed by atoms with van der Waals surface area (Å²) in [4.78, 5) is 65.3. The number of rotatable bonds is 6. The molecule has 206 valence electrons. The van der Waals surface area contributed by atoms with Crippen LogP contribution in [-0.2, 0) is 20.9 Å². The van der Waals surface area contributed by atoms with Gasteiger partial charge in [0.05, 0.1) is 21.6 Å². The Hall–Kier alpha value is -4.62. The molecule has 0 radical (unpaired) electrons. The molecule has 3 aromatic carbocycles. The number of aromatic nitrogens is 1. The van der Waals surface area contributed by atoms with Crippen LogP contribution in [0.25, 0.3) is 0 Å². The molecule has 1 aromatic heterocycles. The fourth-order valence-corrected chi connectivity index (χ4v) is 7.90. The Morgan fingerprint density at radius 3 is 2.29 bits per heavy atom. The summed E-state index contributed by atoms with van der Waals surface area (Å²) >= 11 is 1.99. The van der Waals surface area contributed by atoms with Crippen LogP contribution in [0.15, 0.2) is 88.7 Å². The smallest absolute Gasteiger partial charge is 0.308 e. The zero-order chi connectivity index (χ0) is 28.8. The molecular formula is C28H19FN4O6S2. The van der Waals surface area contributed by atoms with E-state index in [9.17, 15) is 33.7 Å². The molecule has 41 heavy (non-hydrogen) atoms. The molecule has 0 spiro atoms. The third-order valence-electron chi connectivity index (χ3n) is 6.96. The Labute approximate surface area is 239 Å². The summed E-state index contributed by atoms with van der Waals surface area (Å²) in [5, 5.41) is 13.3. The van der Waals surface area contributed by atoms with Gasteiger partial charge in [0.2, 0.25) is 17.7 Å². The summed E-state index contributed by atoms with van der Waals surface area (Å²) in [6.45, 7) is -0.345. The van der Waals surface area contributed by atoms with Gasteiger partial charge in [-0.1, -0.05) is 53.4 Å². The van der Waals surface area contributed by atoms with Gasteiger partial charge in [0, 0.05) is 28.6 Å². The Balaban J connectivity index is 1.38. The number of halogens is 1. The van der Waals surface area contributed by atoms with Crippen LogP contribution in [0.4, 0.5) is 21.5 Å². The maximum Gasteiger partial charge on any atom is 0.308 e. The van der Waals surface area contributed by atoms with Gasteiger partial charge < -0.3 is 5.32 Å².